The van der Waals surface area contributed by atoms with Gasteiger partial charge in [-0.25, -0.2) is 4.98 Å². The molecule has 0 amide bonds. The number of hydrogen-bond acceptors (Lipinski definition) is 3. The number of nitrogens with zero attached hydrogens (tertiary/aromatic N) is 4. The van der Waals surface area contributed by atoms with Gasteiger partial charge in [-0.05, 0) is 31.6 Å². The molecule has 2 N–H and O–H groups in total. The molecule has 2 heterocycles. The van der Waals surface area contributed by atoms with Crippen molar-refractivity contribution in [1.29, 1.82) is 0 Å². The summed E-state index contributed by atoms with van der Waals surface area (Å²) in [5.74, 6) is 0.218. The lowest BCUT2D eigenvalue weighted by Crippen LogP contribution is -2.45. The Balaban J connectivity index is 0.00000280. The maximum absolute atomic E-state index is 13.6. The molecule has 10 heteroatoms. The van der Waals surface area contributed by atoms with Crippen molar-refractivity contribution in [3.05, 3.63) is 18.2 Å². The van der Waals surface area contributed by atoms with Gasteiger partial charge in [-0.15, -0.1) is 24.0 Å². The van der Waals surface area contributed by atoms with E-state index in [9.17, 15) is 18.3 Å². The Kier molecular flexibility index (Phi) is 7.27. The normalized spacial score (nSPS) is 21.2. The van der Waals surface area contributed by atoms with E-state index < -0.39 is 24.0 Å². The number of halogens is 4. The number of aromatic nitrogens is 2. The van der Waals surface area contributed by atoms with E-state index in [1.54, 1.807) is 0 Å². The number of aliphatic hydroxyl groups is 1. The Bertz CT molecular complexity index is 689. The number of imidazole rings is 1. The van der Waals surface area contributed by atoms with Crippen molar-refractivity contribution in [3.63, 3.8) is 0 Å². The number of rotatable bonds is 5. The SMILES string of the molecule is CCNC(=NCCC(O)(c1nccn1C)C(F)(F)F)N1CCC2(CCC2)C1.I. The Morgan fingerprint density at radius 2 is 2.07 bits per heavy atom. The summed E-state index contributed by atoms with van der Waals surface area (Å²) >= 11 is 0. The molecule has 160 valence electrons. The second kappa shape index (κ2) is 8.76. The molecule has 1 saturated carbocycles. The average molecular weight is 515 g/mol. The van der Waals surface area contributed by atoms with E-state index >= 15 is 0 Å². The van der Waals surface area contributed by atoms with E-state index in [-0.39, 0.29) is 30.5 Å². The van der Waals surface area contributed by atoms with Crippen LogP contribution in [-0.2, 0) is 12.6 Å². The van der Waals surface area contributed by atoms with Gasteiger partial charge in [-0.3, -0.25) is 4.99 Å². The number of aryl methyl sites for hydroxylation is 1. The molecular formula is C18H29F3IN5O. The third-order valence-electron chi connectivity index (χ3n) is 5.88. The minimum atomic E-state index is -4.83. The highest BCUT2D eigenvalue weighted by Gasteiger charge is 2.57. The fourth-order valence-corrected chi connectivity index (χ4v) is 4.09. The number of alkyl halides is 3. The van der Waals surface area contributed by atoms with Crippen LogP contribution in [-0.4, -0.2) is 57.9 Å². The molecular weight excluding hydrogens is 486 g/mol. The van der Waals surface area contributed by atoms with E-state index in [0.717, 1.165) is 19.5 Å². The first-order valence-electron chi connectivity index (χ1n) is 9.51. The Morgan fingerprint density at radius 3 is 2.54 bits per heavy atom. The van der Waals surface area contributed by atoms with Crippen molar-refractivity contribution in [2.75, 3.05) is 26.2 Å². The zero-order chi connectivity index (χ0) is 19.7. The molecule has 1 aromatic rings. The van der Waals surface area contributed by atoms with Crippen molar-refractivity contribution >= 4 is 29.9 Å². The maximum Gasteiger partial charge on any atom is 0.424 e. The summed E-state index contributed by atoms with van der Waals surface area (Å²) < 4.78 is 42.0. The van der Waals surface area contributed by atoms with Gasteiger partial charge >= 0.3 is 6.18 Å². The van der Waals surface area contributed by atoms with Crippen LogP contribution in [0.2, 0.25) is 0 Å². The maximum atomic E-state index is 13.6. The summed E-state index contributed by atoms with van der Waals surface area (Å²) in [6.07, 6.45) is 2.04. The largest absolute Gasteiger partial charge is 0.424 e. The number of aliphatic imine (C=N–C) groups is 1. The Labute approximate surface area is 180 Å². The molecule has 3 rings (SSSR count). The van der Waals surface area contributed by atoms with Crippen LogP contribution in [0.5, 0.6) is 0 Å². The van der Waals surface area contributed by atoms with E-state index in [1.165, 1.54) is 43.3 Å². The fourth-order valence-electron chi connectivity index (χ4n) is 4.09. The van der Waals surface area contributed by atoms with Crippen molar-refractivity contribution in [2.45, 2.75) is 50.8 Å². The molecule has 0 bridgehead atoms. The molecule has 2 aliphatic rings. The molecule has 1 spiro atoms. The summed E-state index contributed by atoms with van der Waals surface area (Å²) in [5.41, 5.74) is -2.65. The van der Waals surface area contributed by atoms with Gasteiger partial charge in [0, 0.05) is 52.0 Å². The van der Waals surface area contributed by atoms with Gasteiger partial charge in [0.15, 0.2) is 5.96 Å². The van der Waals surface area contributed by atoms with Crippen molar-refractivity contribution < 1.29 is 18.3 Å². The van der Waals surface area contributed by atoms with Gasteiger partial charge in [-0.1, -0.05) is 6.42 Å². The predicted molar refractivity (Wildman–Crippen MR) is 112 cm³/mol. The van der Waals surface area contributed by atoms with Crippen LogP contribution in [0.1, 0.15) is 44.9 Å². The quantitative estimate of drug-likeness (QED) is 0.360. The Hall–Kier alpha value is -1.04. The molecule has 0 aromatic carbocycles. The molecule has 1 aliphatic heterocycles. The highest BCUT2D eigenvalue weighted by Crippen LogP contribution is 2.48. The summed E-state index contributed by atoms with van der Waals surface area (Å²) in [6, 6.07) is 0. The average Bonchev–Trinajstić information content (AvgIpc) is 3.19. The van der Waals surface area contributed by atoms with Gasteiger partial charge < -0.3 is 19.9 Å². The molecule has 1 unspecified atom stereocenters. The summed E-state index contributed by atoms with van der Waals surface area (Å²) in [7, 11) is 1.44. The minimum Gasteiger partial charge on any atom is -0.374 e. The highest BCUT2D eigenvalue weighted by atomic mass is 127. The number of hydrogen-bond donors (Lipinski definition) is 2. The van der Waals surface area contributed by atoms with Crippen LogP contribution in [0.25, 0.3) is 0 Å². The standard InChI is InChI=1S/C18H28F3N5O.HI/c1-3-22-15(26-11-8-16(13-26)5-4-6-16)24-9-7-17(27,18(19,20)21)14-23-10-12-25(14)2;/h10,12,27H,3-9,11,13H2,1-2H3,(H,22,24);1H. The number of likely N-dealkylation sites (tertiary alicyclic amines) is 1. The van der Waals surface area contributed by atoms with Crippen LogP contribution in [0.15, 0.2) is 17.4 Å². The summed E-state index contributed by atoms with van der Waals surface area (Å²) in [5, 5.41) is 13.6. The molecule has 28 heavy (non-hydrogen) atoms. The van der Waals surface area contributed by atoms with Crippen molar-refractivity contribution in [3.8, 4) is 0 Å². The molecule has 1 aromatic heterocycles. The van der Waals surface area contributed by atoms with Crippen molar-refractivity contribution in [1.82, 2.24) is 19.8 Å². The molecule has 6 nitrogen and oxygen atoms in total. The monoisotopic (exact) mass is 515 g/mol. The van der Waals surface area contributed by atoms with Gasteiger partial charge in [-0.2, -0.15) is 13.2 Å². The second-order valence-corrected chi connectivity index (χ2v) is 7.73. The number of guanidine groups is 1. The Morgan fingerprint density at radius 1 is 1.36 bits per heavy atom. The second-order valence-electron chi connectivity index (χ2n) is 7.73. The molecule has 2 fully saturated rings. The molecule has 1 atom stereocenters. The first-order valence-corrected chi connectivity index (χ1v) is 9.51. The lowest BCUT2D eigenvalue weighted by molar-refractivity contribution is -0.272. The van der Waals surface area contributed by atoms with Gasteiger partial charge in [0.05, 0.1) is 0 Å². The van der Waals surface area contributed by atoms with E-state index in [1.807, 2.05) is 6.92 Å². The van der Waals surface area contributed by atoms with Crippen LogP contribution in [0.4, 0.5) is 13.2 Å². The molecule has 1 aliphatic carbocycles. The molecule has 1 saturated heterocycles. The van der Waals surface area contributed by atoms with Crippen LogP contribution < -0.4 is 5.32 Å². The highest BCUT2D eigenvalue weighted by molar-refractivity contribution is 14.0. The zero-order valence-electron chi connectivity index (χ0n) is 16.3. The van der Waals surface area contributed by atoms with Crippen LogP contribution >= 0.6 is 24.0 Å². The third kappa shape index (κ3) is 4.42. The first-order chi connectivity index (χ1) is 12.7. The third-order valence-corrected chi connectivity index (χ3v) is 5.88. The minimum absolute atomic E-state index is 0. The predicted octanol–water partition coefficient (Wildman–Crippen LogP) is 3.02. The van der Waals surface area contributed by atoms with E-state index in [4.69, 9.17) is 0 Å². The first kappa shape index (κ1) is 23.2. The van der Waals surface area contributed by atoms with E-state index in [2.05, 4.69) is 20.2 Å². The molecule has 0 radical (unpaired) electrons. The van der Waals surface area contributed by atoms with Gasteiger partial charge in [0.1, 0.15) is 5.82 Å². The topological polar surface area (TPSA) is 65.7 Å². The smallest absolute Gasteiger partial charge is 0.374 e. The summed E-state index contributed by atoms with van der Waals surface area (Å²) in [4.78, 5) is 10.2. The van der Waals surface area contributed by atoms with Crippen molar-refractivity contribution in [2.24, 2.45) is 17.5 Å². The van der Waals surface area contributed by atoms with E-state index in [0.29, 0.717) is 17.9 Å². The van der Waals surface area contributed by atoms with Crippen LogP contribution in [0, 0.1) is 5.41 Å². The summed E-state index contributed by atoms with van der Waals surface area (Å²) in [6.45, 7) is 4.21. The lowest BCUT2D eigenvalue weighted by atomic mass is 9.68. The zero-order valence-corrected chi connectivity index (χ0v) is 18.6. The fraction of sp³-hybridized carbons (Fsp3) is 0.778. The van der Waals surface area contributed by atoms with Crippen LogP contribution in [0.3, 0.4) is 0 Å². The number of nitrogens with one attached hydrogen (secondary N) is 1. The van der Waals surface area contributed by atoms with Gasteiger partial charge in [0.25, 0.3) is 0 Å². The lowest BCUT2D eigenvalue weighted by Gasteiger charge is -2.38. The van der Waals surface area contributed by atoms with Gasteiger partial charge in [0.2, 0.25) is 5.60 Å².